The summed E-state index contributed by atoms with van der Waals surface area (Å²) in [5, 5.41) is 10.0. The van der Waals surface area contributed by atoms with Crippen LogP contribution >= 0.6 is 0 Å². The van der Waals surface area contributed by atoms with Gasteiger partial charge in [0.05, 0.1) is 5.56 Å². The molecule has 1 heterocycles. The molecule has 0 saturated heterocycles. The minimum atomic E-state index is -0.534. The van der Waals surface area contributed by atoms with E-state index in [-0.39, 0.29) is 16.9 Å². The monoisotopic (exact) mass is 204 g/mol. The van der Waals surface area contributed by atoms with Gasteiger partial charge in [-0.2, -0.15) is 0 Å². The topological polar surface area (TPSA) is 67.5 Å². The molecule has 0 aliphatic heterocycles. The molecule has 1 aromatic heterocycles. The van der Waals surface area contributed by atoms with Crippen molar-refractivity contribution < 1.29 is 14.3 Å². The van der Waals surface area contributed by atoms with Gasteiger partial charge in [0.2, 0.25) is 0 Å². The summed E-state index contributed by atoms with van der Waals surface area (Å²) < 4.78 is 4.90. The lowest BCUT2D eigenvalue weighted by Gasteiger charge is -2.03. The highest BCUT2D eigenvalue weighted by Gasteiger charge is 2.10. The third-order valence-corrected chi connectivity index (χ3v) is 2.25. The predicted molar refractivity (Wildman–Crippen MR) is 54.3 cm³/mol. The Kier molecular flexibility index (Phi) is 2.04. The predicted octanol–water partition coefficient (Wildman–Crippen LogP) is 1.62. The van der Waals surface area contributed by atoms with Crippen LogP contribution in [0.15, 0.2) is 27.4 Å². The molecule has 76 valence electrons. The van der Waals surface area contributed by atoms with Crippen molar-refractivity contribution in [1.29, 1.82) is 0 Å². The molecular weight excluding hydrogens is 196 g/mol. The van der Waals surface area contributed by atoms with E-state index in [4.69, 9.17) is 4.42 Å². The normalized spacial score (nSPS) is 10.5. The quantitative estimate of drug-likeness (QED) is 0.566. The number of aldehydes is 1. The van der Waals surface area contributed by atoms with Gasteiger partial charge in [0.25, 0.3) is 0 Å². The second-order valence-electron chi connectivity index (χ2n) is 3.24. The first-order chi connectivity index (χ1) is 7.13. The van der Waals surface area contributed by atoms with Crippen LogP contribution in [-0.4, -0.2) is 11.4 Å². The highest BCUT2D eigenvalue weighted by Crippen LogP contribution is 2.26. The van der Waals surface area contributed by atoms with E-state index in [0.29, 0.717) is 17.2 Å². The summed E-state index contributed by atoms with van der Waals surface area (Å²) in [6, 6.07) is 4.35. The lowest BCUT2D eigenvalue weighted by molar-refractivity contribution is 0.112. The zero-order valence-electron chi connectivity index (χ0n) is 7.98. The van der Waals surface area contributed by atoms with E-state index in [9.17, 15) is 14.7 Å². The van der Waals surface area contributed by atoms with Crippen LogP contribution < -0.4 is 5.63 Å². The van der Waals surface area contributed by atoms with Crippen molar-refractivity contribution in [3.63, 3.8) is 0 Å². The molecule has 4 nitrogen and oxygen atoms in total. The largest absolute Gasteiger partial charge is 0.507 e. The molecule has 2 rings (SSSR count). The number of carbonyl (C=O) groups is 1. The van der Waals surface area contributed by atoms with Crippen LogP contribution in [0.25, 0.3) is 11.0 Å². The first-order valence-corrected chi connectivity index (χ1v) is 4.35. The molecule has 0 atom stereocenters. The number of rotatable bonds is 1. The van der Waals surface area contributed by atoms with Crippen LogP contribution in [-0.2, 0) is 0 Å². The average molecular weight is 204 g/mol. The van der Waals surface area contributed by atoms with Gasteiger partial charge in [-0.15, -0.1) is 0 Å². The minimum absolute atomic E-state index is 0.00769. The molecule has 0 saturated carbocycles. The molecule has 0 fully saturated rings. The number of benzene rings is 1. The fourth-order valence-electron chi connectivity index (χ4n) is 1.51. The summed E-state index contributed by atoms with van der Waals surface area (Å²) in [5.74, 6) is -0.189. The zero-order chi connectivity index (χ0) is 11.0. The average Bonchev–Trinajstić information content (AvgIpc) is 2.17. The number of fused-ring (bicyclic) bond motifs is 1. The number of phenols is 1. The van der Waals surface area contributed by atoms with Crippen LogP contribution in [0.3, 0.4) is 0 Å². The Labute approximate surface area is 84.8 Å². The van der Waals surface area contributed by atoms with E-state index < -0.39 is 5.63 Å². The van der Waals surface area contributed by atoms with Gasteiger partial charge in [-0.05, 0) is 24.6 Å². The summed E-state index contributed by atoms with van der Waals surface area (Å²) in [7, 11) is 0. The van der Waals surface area contributed by atoms with Gasteiger partial charge in [-0.25, -0.2) is 4.79 Å². The number of aromatic hydroxyl groups is 1. The molecule has 15 heavy (non-hydrogen) atoms. The van der Waals surface area contributed by atoms with Crippen molar-refractivity contribution in [1.82, 2.24) is 0 Å². The molecule has 0 unspecified atom stereocenters. The maximum absolute atomic E-state index is 11.1. The van der Waals surface area contributed by atoms with Gasteiger partial charge >= 0.3 is 5.63 Å². The van der Waals surface area contributed by atoms with E-state index in [1.165, 1.54) is 12.1 Å². The Morgan fingerprint density at radius 1 is 1.40 bits per heavy atom. The van der Waals surface area contributed by atoms with Gasteiger partial charge in [-0.3, -0.25) is 4.79 Å². The SMILES string of the molecule is Cc1cc(=O)oc2c(C=O)c(O)ccc12. The molecule has 0 spiro atoms. The number of hydrogen-bond acceptors (Lipinski definition) is 4. The molecule has 0 bridgehead atoms. The van der Waals surface area contributed by atoms with Gasteiger partial charge in [0.1, 0.15) is 5.75 Å². The lowest BCUT2D eigenvalue weighted by atomic mass is 10.1. The summed E-state index contributed by atoms with van der Waals surface area (Å²) in [6.45, 7) is 1.74. The van der Waals surface area contributed by atoms with E-state index in [1.807, 2.05) is 0 Å². The number of aryl methyl sites for hydroxylation is 1. The van der Waals surface area contributed by atoms with E-state index in [1.54, 1.807) is 13.0 Å². The fraction of sp³-hybridized carbons (Fsp3) is 0.0909. The molecule has 0 aliphatic rings. The minimum Gasteiger partial charge on any atom is -0.507 e. The van der Waals surface area contributed by atoms with Crippen molar-refractivity contribution in [3.8, 4) is 5.75 Å². The third-order valence-electron chi connectivity index (χ3n) is 2.25. The maximum atomic E-state index is 11.1. The van der Waals surface area contributed by atoms with Crippen molar-refractivity contribution >= 4 is 17.3 Å². The molecule has 1 N–H and O–H groups in total. The number of carbonyl (C=O) groups excluding carboxylic acids is 1. The lowest BCUT2D eigenvalue weighted by Crippen LogP contribution is -1.99. The fourth-order valence-corrected chi connectivity index (χ4v) is 1.51. The van der Waals surface area contributed by atoms with Crippen molar-refractivity contribution in [3.05, 3.63) is 39.7 Å². The zero-order valence-corrected chi connectivity index (χ0v) is 7.98. The van der Waals surface area contributed by atoms with Crippen molar-refractivity contribution in [2.45, 2.75) is 6.92 Å². The molecule has 1 aromatic carbocycles. The van der Waals surface area contributed by atoms with E-state index >= 15 is 0 Å². The van der Waals surface area contributed by atoms with Crippen LogP contribution in [0, 0.1) is 6.92 Å². The molecule has 0 aliphatic carbocycles. The van der Waals surface area contributed by atoms with Crippen LogP contribution in [0.5, 0.6) is 5.75 Å². The van der Waals surface area contributed by atoms with Gasteiger partial charge in [-0.1, -0.05) is 0 Å². The summed E-state index contributed by atoms with van der Waals surface area (Å²) >= 11 is 0. The van der Waals surface area contributed by atoms with Gasteiger partial charge in [0.15, 0.2) is 11.9 Å². The van der Waals surface area contributed by atoms with E-state index in [0.717, 1.165) is 0 Å². The highest BCUT2D eigenvalue weighted by molar-refractivity contribution is 5.98. The molecule has 0 radical (unpaired) electrons. The van der Waals surface area contributed by atoms with Crippen LogP contribution in [0.2, 0.25) is 0 Å². The van der Waals surface area contributed by atoms with Crippen LogP contribution in [0.1, 0.15) is 15.9 Å². The first-order valence-electron chi connectivity index (χ1n) is 4.35. The van der Waals surface area contributed by atoms with Gasteiger partial charge < -0.3 is 9.52 Å². The van der Waals surface area contributed by atoms with Gasteiger partial charge in [0, 0.05) is 11.5 Å². The summed E-state index contributed by atoms with van der Waals surface area (Å²) in [5.41, 5.74) is 0.321. The summed E-state index contributed by atoms with van der Waals surface area (Å²) in [4.78, 5) is 21.9. The Balaban J connectivity index is 3.04. The molecule has 2 aromatic rings. The third kappa shape index (κ3) is 1.40. The van der Waals surface area contributed by atoms with Crippen LogP contribution in [0.4, 0.5) is 0 Å². The highest BCUT2D eigenvalue weighted by atomic mass is 16.4. The number of phenolic OH excluding ortho intramolecular Hbond substituents is 1. The molecule has 0 amide bonds. The smallest absolute Gasteiger partial charge is 0.336 e. The summed E-state index contributed by atoms with van der Waals surface area (Å²) in [6.07, 6.45) is 0.472. The maximum Gasteiger partial charge on any atom is 0.336 e. The number of hydrogen-bond donors (Lipinski definition) is 1. The van der Waals surface area contributed by atoms with E-state index in [2.05, 4.69) is 0 Å². The first kappa shape index (κ1) is 9.45. The second-order valence-corrected chi connectivity index (χ2v) is 3.24. The standard InChI is InChI=1S/C11H8O4/c1-6-4-10(14)15-11-7(6)2-3-9(13)8(11)5-12/h2-5,13H,1H3. The molecular formula is C11H8O4. The Morgan fingerprint density at radius 3 is 2.80 bits per heavy atom. The van der Waals surface area contributed by atoms with Crippen molar-refractivity contribution in [2.75, 3.05) is 0 Å². The second kappa shape index (κ2) is 3.24. The molecule has 4 heteroatoms. The Bertz CT molecular complexity index is 595. The Hall–Kier alpha value is -2.10. The Morgan fingerprint density at radius 2 is 2.13 bits per heavy atom. The van der Waals surface area contributed by atoms with Crippen molar-refractivity contribution in [2.24, 2.45) is 0 Å².